The second kappa shape index (κ2) is 9.84. The van der Waals surface area contributed by atoms with E-state index in [1.165, 1.54) is 23.1 Å². The van der Waals surface area contributed by atoms with Crippen molar-refractivity contribution in [3.8, 4) is 0 Å². The van der Waals surface area contributed by atoms with Crippen molar-refractivity contribution in [2.75, 3.05) is 13.1 Å². The molecule has 1 aliphatic carbocycles. The molecule has 7 nitrogen and oxygen atoms in total. The molecule has 34 heavy (non-hydrogen) atoms. The minimum atomic E-state index is -1.36. The Hall–Kier alpha value is -3.40. The zero-order valence-electron chi connectivity index (χ0n) is 18.3. The molecule has 2 aromatic rings. The fraction of sp³-hybridized carbons (Fsp3) is 0.375. The third-order valence-electron chi connectivity index (χ3n) is 6.23. The van der Waals surface area contributed by atoms with Crippen LogP contribution in [0.3, 0.4) is 0 Å². The summed E-state index contributed by atoms with van der Waals surface area (Å²) in [7, 11) is 0. The van der Waals surface area contributed by atoms with Crippen molar-refractivity contribution in [2.45, 2.75) is 43.9 Å². The zero-order chi connectivity index (χ0) is 24.4. The summed E-state index contributed by atoms with van der Waals surface area (Å²) in [4.78, 5) is 41.9. The maximum Gasteiger partial charge on any atom is 0.264 e. The van der Waals surface area contributed by atoms with Crippen molar-refractivity contribution in [2.24, 2.45) is 5.73 Å². The molecule has 2 aliphatic rings. The predicted octanol–water partition coefficient (Wildman–Crippen LogP) is 2.41. The number of carbonyl (C=O) groups is 3. The fourth-order valence-electron chi connectivity index (χ4n) is 4.51. The highest BCUT2D eigenvalue weighted by Crippen LogP contribution is 2.24. The Morgan fingerprint density at radius 3 is 1.94 bits per heavy atom. The molecule has 3 amide bonds. The number of hydrogen-bond donors (Lipinski definition) is 2. The Labute approximate surface area is 194 Å². The molecule has 3 N–H and O–H groups in total. The van der Waals surface area contributed by atoms with Crippen LogP contribution >= 0.6 is 0 Å². The van der Waals surface area contributed by atoms with Gasteiger partial charge in [-0.3, -0.25) is 14.4 Å². The molecule has 4 rings (SSSR count). The van der Waals surface area contributed by atoms with Gasteiger partial charge >= 0.3 is 0 Å². The first-order valence-corrected chi connectivity index (χ1v) is 11.1. The molecule has 2 aromatic carbocycles. The summed E-state index contributed by atoms with van der Waals surface area (Å²) in [6.07, 6.45) is 1.41. The molecule has 0 radical (unpaired) electrons. The van der Waals surface area contributed by atoms with Crippen LogP contribution in [-0.2, 0) is 4.79 Å². The van der Waals surface area contributed by atoms with Gasteiger partial charge in [-0.05, 0) is 56.0 Å². The van der Waals surface area contributed by atoms with E-state index in [1.54, 1.807) is 0 Å². The first-order chi connectivity index (χ1) is 16.2. The molecule has 10 heteroatoms. The van der Waals surface area contributed by atoms with Crippen LogP contribution in [0, 0.1) is 17.5 Å². The normalized spacial score (nSPS) is 22.5. The van der Waals surface area contributed by atoms with Crippen molar-refractivity contribution in [3.63, 3.8) is 0 Å². The van der Waals surface area contributed by atoms with E-state index in [-0.39, 0.29) is 36.3 Å². The Kier molecular flexibility index (Phi) is 6.87. The van der Waals surface area contributed by atoms with E-state index in [1.807, 2.05) is 0 Å². The van der Waals surface area contributed by atoms with Crippen LogP contribution in [0.1, 0.15) is 46.4 Å². The second-order valence-corrected chi connectivity index (χ2v) is 8.66. The molecule has 1 saturated carbocycles. The summed E-state index contributed by atoms with van der Waals surface area (Å²) in [5.41, 5.74) is 5.67. The van der Waals surface area contributed by atoms with Crippen molar-refractivity contribution in [1.29, 1.82) is 0 Å². The van der Waals surface area contributed by atoms with Gasteiger partial charge in [0.1, 0.15) is 17.5 Å². The number of hydrogen-bond acceptors (Lipinski definition) is 4. The molecule has 0 aromatic heterocycles. The Morgan fingerprint density at radius 2 is 1.35 bits per heavy atom. The molecular formula is C24H25F3N4O3. The van der Waals surface area contributed by atoms with E-state index in [2.05, 4.69) is 5.32 Å². The van der Waals surface area contributed by atoms with Crippen LogP contribution in [0.15, 0.2) is 42.5 Å². The fourth-order valence-corrected chi connectivity index (χ4v) is 4.51. The topological polar surface area (TPSA) is 95.7 Å². The molecule has 1 unspecified atom stereocenters. The first kappa shape index (κ1) is 23.7. The van der Waals surface area contributed by atoms with Gasteiger partial charge in [0.05, 0.1) is 0 Å². The van der Waals surface area contributed by atoms with E-state index in [0.717, 1.165) is 35.9 Å². The molecule has 1 aliphatic heterocycles. The molecule has 0 spiro atoms. The second-order valence-electron chi connectivity index (χ2n) is 8.66. The Balaban J connectivity index is 1.62. The molecule has 180 valence electrons. The van der Waals surface area contributed by atoms with Gasteiger partial charge in [-0.15, -0.1) is 0 Å². The monoisotopic (exact) mass is 474 g/mol. The summed E-state index contributed by atoms with van der Waals surface area (Å²) < 4.78 is 41.2. The number of nitrogens with two attached hydrogens (primary N) is 1. The van der Waals surface area contributed by atoms with Gasteiger partial charge in [0, 0.05) is 42.4 Å². The molecule has 1 saturated heterocycles. The van der Waals surface area contributed by atoms with Gasteiger partial charge in [-0.25, -0.2) is 13.2 Å². The number of halogens is 3. The van der Waals surface area contributed by atoms with Crippen LogP contribution in [-0.4, -0.2) is 58.9 Å². The quantitative estimate of drug-likeness (QED) is 0.712. The van der Waals surface area contributed by atoms with Crippen LogP contribution in [0.25, 0.3) is 0 Å². The third kappa shape index (κ3) is 5.06. The van der Waals surface area contributed by atoms with Crippen molar-refractivity contribution in [3.05, 3.63) is 71.0 Å². The van der Waals surface area contributed by atoms with Gasteiger partial charge in [-0.2, -0.15) is 0 Å². The molecule has 1 atom stereocenters. The highest BCUT2D eigenvalue weighted by Gasteiger charge is 2.44. The summed E-state index contributed by atoms with van der Waals surface area (Å²) in [5, 5.41) is 2.88. The standard InChI is InChI=1S/C24H25F3N4O3/c25-16-3-1-2-14(10-16)23(33)30-8-9-31(24(34)15-11-17(26)13-18(27)12-15)22(30)21(32)29-20-6-4-19(28)5-7-20/h1-3,10-13,19-20,22H,4-9,28H2,(H,29,32). The van der Waals surface area contributed by atoms with Crippen molar-refractivity contribution in [1.82, 2.24) is 15.1 Å². The van der Waals surface area contributed by atoms with Crippen molar-refractivity contribution < 1.29 is 27.6 Å². The Bertz CT molecular complexity index is 1080. The molecule has 2 fully saturated rings. The number of nitrogens with zero attached hydrogens (tertiary/aromatic N) is 2. The zero-order valence-corrected chi connectivity index (χ0v) is 18.3. The highest BCUT2D eigenvalue weighted by molar-refractivity contribution is 6.02. The Morgan fingerprint density at radius 1 is 0.794 bits per heavy atom. The average Bonchev–Trinajstić information content (AvgIpc) is 3.24. The van der Waals surface area contributed by atoms with Crippen LogP contribution < -0.4 is 11.1 Å². The van der Waals surface area contributed by atoms with Crippen LogP contribution in [0.4, 0.5) is 13.2 Å². The van der Waals surface area contributed by atoms with E-state index in [0.29, 0.717) is 18.9 Å². The largest absolute Gasteiger partial charge is 0.350 e. The van der Waals surface area contributed by atoms with Gasteiger partial charge in [0.25, 0.3) is 17.7 Å². The SMILES string of the molecule is NC1CCC(NC(=O)C2N(C(=O)c3cccc(F)c3)CCN2C(=O)c2cc(F)cc(F)c2)CC1. The lowest BCUT2D eigenvalue weighted by Crippen LogP contribution is -2.56. The lowest BCUT2D eigenvalue weighted by Gasteiger charge is -2.32. The summed E-state index contributed by atoms with van der Waals surface area (Å²) >= 11 is 0. The number of carbonyl (C=O) groups excluding carboxylic acids is 3. The van der Waals surface area contributed by atoms with E-state index >= 15 is 0 Å². The van der Waals surface area contributed by atoms with E-state index < -0.39 is 41.3 Å². The van der Waals surface area contributed by atoms with Gasteiger partial charge in [-0.1, -0.05) is 6.07 Å². The van der Waals surface area contributed by atoms with Gasteiger partial charge < -0.3 is 20.9 Å². The summed E-state index contributed by atoms with van der Waals surface area (Å²) in [5.74, 6) is -4.50. The van der Waals surface area contributed by atoms with Crippen LogP contribution in [0.2, 0.25) is 0 Å². The maximum atomic E-state index is 13.7. The minimum Gasteiger partial charge on any atom is -0.350 e. The van der Waals surface area contributed by atoms with E-state index in [4.69, 9.17) is 5.73 Å². The van der Waals surface area contributed by atoms with Crippen LogP contribution in [0.5, 0.6) is 0 Å². The number of rotatable bonds is 4. The lowest BCUT2D eigenvalue weighted by atomic mass is 9.92. The van der Waals surface area contributed by atoms with E-state index in [9.17, 15) is 27.6 Å². The number of nitrogens with one attached hydrogen (secondary N) is 1. The maximum absolute atomic E-state index is 13.7. The smallest absolute Gasteiger partial charge is 0.264 e. The number of benzene rings is 2. The number of amides is 3. The lowest BCUT2D eigenvalue weighted by molar-refractivity contribution is -0.129. The summed E-state index contributed by atoms with van der Waals surface area (Å²) in [6, 6.07) is 7.29. The molecule has 1 heterocycles. The highest BCUT2D eigenvalue weighted by atomic mass is 19.1. The molecular weight excluding hydrogens is 449 g/mol. The first-order valence-electron chi connectivity index (χ1n) is 11.1. The van der Waals surface area contributed by atoms with Crippen molar-refractivity contribution >= 4 is 17.7 Å². The van der Waals surface area contributed by atoms with Gasteiger partial charge in [0.2, 0.25) is 0 Å². The molecule has 0 bridgehead atoms. The minimum absolute atomic E-state index is 0.00743. The summed E-state index contributed by atoms with van der Waals surface area (Å²) in [6.45, 7) is -0.0435. The predicted molar refractivity (Wildman–Crippen MR) is 117 cm³/mol. The average molecular weight is 474 g/mol. The van der Waals surface area contributed by atoms with Gasteiger partial charge in [0.15, 0.2) is 6.17 Å². The third-order valence-corrected chi connectivity index (χ3v) is 6.23.